The van der Waals surface area contributed by atoms with Crippen LogP contribution in [0.5, 0.6) is 0 Å². The minimum Gasteiger partial charge on any atom is -0.481 e. The topological polar surface area (TPSA) is 95.9 Å². The van der Waals surface area contributed by atoms with Gasteiger partial charge in [-0.05, 0) is 40.7 Å². The first-order chi connectivity index (χ1) is 19.0. The molecule has 0 saturated heterocycles. The van der Waals surface area contributed by atoms with Gasteiger partial charge in [0.25, 0.3) is 0 Å². The van der Waals surface area contributed by atoms with Crippen molar-refractivity contribution in [3.05, 3.63) is 95.6 Å². The first-order valence-electron chi connectivity index (χ1n) is 13.7. The first-order valence-corrected chi connectivity index (χ1v) is 13.7. The van der Waals surface area contributed by atoms with Crippen LogP contribution in [0, 0.1) is 5.92 Å². The van der Waals surface area contributed by atoms with Crippen LogP contribution in [0.15, 0.2) is 78.9 Å². The highest BCUT2D eigenvalue weighted by Gasteiger charge is 2.36. The molecule has 0 aromatic heterocycles. The summed E-state index contributed by atoms with van der Waals surface area (Å²) in [6.45, 7) is 0.669. The molecule has 0 heterocycles. The van der Waals surface area contributed by atoms with Crippen LogP contribution in [-0.2, 0) is 20.9 Å². The van der Waals surface area contributed by atoms with E-state index in [1.54, 1.807) is 4.90 Å². The van der Waals surface area contributed by atoms with E-state index in [-0.39, 0.29) is 37.4 Å². The van der Waals surface area contributed by atoms with E-state index in [9.17, 15) is 19.5 Å². The Bertz CT molecular complexity index is 1280. The summed E-state index contributed by atoms with van der Waals surface area (Å²) < 4.78 is 5.75. The fourth-order valence-corrected chi connectivity index (χ4v) is 5.93. The van der Waals surface area contributed by atoms with Crippen molar-refractivity contribution < 1.29 is 24.2 Å². The first kappa shape index (κ1) is 26.5. The highest BCUT2D eigenvalue weighted by atomic mass is 16.5. The molecule has 5 rings (SSSR count). The molecule has 3 aromatic carbocycles. The summed E-state index contributed by atoms with van der Waals surface area (Å²) in [5, 5.41) is 12.2. The molecular formula is C32H34N2O5. The largest absolute Gasteiger partial charge is 0.481 e. The molecule has 0 unspecified atom stereocenters. The molecule has 3 aromatic rings. The molecular weight excluding hydrogens is 492 g/mol. The van der Waals surface area contributed by atoms with Gasteiger partial charge < -0.3 is 20.1 Å². The van der Waals surface area contributed by atoms with Crippen molar-refractivity contribution >= 4 is 18.0 Å². The second kappa shape index (κ2) is 12.2. The number of alkyl carbamates (subject to hydrolysis) is 1. The average Bonchev–Trinajstić information content (AvgIpc) is 3.28. The lowest BCUT2D eigenvalue weighted by Crippen LogP contribution is -2.50. The molecule has 2 atom stereocenters. The number of amides is 2. The number of hydrogen-bond donors (Lipinski definition) is 2. The summed E-state index contributed by atoms with van der Waals surface area (Å²) in [6.07, 6.45) is 2.46. The number of carbonyl (C=O) groups is 3. The average molecular weight is 527 g/mol. The van der Waals surface area contributed by atoms with E-state index in [1.165, 1.54) is 11.1 Å². The number of nitrogens with zero attached hydrogens (tertiary/aromatic N) is 1. The highest BCUT2D eigenvalue weighted by molar-refractivity contribution is 5.82. The summed E-state index contributed by atoms with van der Waals surface area (Å²) in [5.74, 6) is -1.53. The minimum atomic E-state index is -0.946. The number of fused-ring (bicyclic) bond motifs is 3. The number of carboxylic acid groups (broad SMARTS) is 1. The van der Waals surface area contributed by atoms with E-state index >= 15 is 0 Å². The predicted molar refractivity (Wildman–Crippen MR) is 148 cm³/mol. The number of nitrogens with one attached hydrogen (secondary N) is 1. The molecule has 0 bridgehead atoms. The van der Waals surface area contributed by atoms with Gasteiger partial charge >= 0.3 is 12.1 Å². The third-order valence-electron chi connectivity index (χ3n) is 7.85. The molecule has 1 saturated carbocycles. The number of rotatable bonds is 9. The smallest absolute Gasteiger partial charge is 0.407 e. The molecule has 1 fully saturated rings. The highest BCUT2D eigenvalue weighted by Crippen LogP contribution is 2.44. The molecule has 7 nitrogen and oxygen atoms in total. The van der Waals surface area contributed by atoms with Crippen LogP contribution in [0.2, 0.25) is 0 Å². The van der Waals surface area contributed by atoms with Crippen LogP contribution < -0.4 is 5.32 Å². The van der Waals surface area contributed by atoms with Crippen LogP contribution in [0.3, 0.4) is 0 Å². The number of carboxylic acids is 1. The Morgan fingerprint density at radius 2 is 1.46 bits per heavy atom. The molecule has 39 heavy (non-hydrogen) atoms. The molecule has 2 amide bonds. The molecule has 0 aliphatic heterocycles. The van der Waals surface area contributed by atoms with E-state index in [1.807, 2.05) is 54.6 Å². The van der Waals surface area contributed by atoms with Gasteiger partial charge in [0.15, 0.2) is 0 Å². The van der Waals surface area contributed by atoms with Crippen LogP contribution in [-0.4, -0.2) is 47.2 Å². The third kappa shape index (κ3) is 6.14. The maximum atomic E-state index is 13.7. The lowest BCUT2D eigenvalue weighted by atomic mass is 9.83. The van der Waals surface area contributed by atoms with Gasteiger partial charge in [0, 0.05) is 25.0 Å². The van der Waals surface area contributed by atoms with Gasteiger partial charge in [-0.2, -0.15) is 0 Å². The quantitative estimate of drug-likeness (QED) is 0.379. The Morgan fingerprint density at radius 3 is 2.13 bits per heavy atom. The fourth-order valence-electron chi connectivity index (χ4n) is 5.93. The van der Waals surface area contributed by atoms with Crippen molar-refractivity contribution in [2.75, 3.05) is 13.2 Å². The van der Waals surface area contributed by atoms with Crippen molar-refractivity contribution in [2.45, 2.75) is 50.6 Å². The van der Waals surface area contributed by atoms with E-state index in [2.05, 4.69) is 29.6 Å². The summed E-state index contributed by atoms with van der Waals surface area (Å²) in [4.78, 5) is 39.6. The Kier molecular flexibility index (Phi) is 8.25. The molecule has 2 N–H and O–H groups in total. The zero-order chi connectivity index (χ0) is 27.2. The van der Waals surface area contributed by atoms with Crippen LogP contribution in [0.4, 0.5) is 4.79 Å². The second-order valence-electron chi connectivity index (χ2n) is 10.4. The monoisotopic (exact) mass is 526 g/mol. The SMILES string of the molecule is O=C(O)CCN(Cc1ccccc1)C(=O)[C@@H]1CCCC[C@@H]1NC(=O)OCC1c2ccccc2-c2ccccc21. The van der Waals surface area contributed by atoms with Gasteiger partial charge in [-0.25, -0.2) is 4.79 Å². The van der Waals surface area contributed by atoms with Crippen molar-refractivity contribution in [3.63, 3.8) is 0 Å². The van der Waals surface area contributed by atoms with Crippen molar-refractivity contribution in [2.24, 2.45) is 5.92 Å². The molecule has 202 valence electrons. The Hall–Kier alpha value is -4.13. The van der Waals surface area contributed by atoms with Crippen molar-refractivity contribution in [1.29, 1.82) is 0 Å². The Morgan fingerprint density at radius 1 is 0.846 bits per heavy atom. The lowest BCUT2D eigenvalue weighted by molar-refractivity contribution is -0.141. The molecule has 0 radical (unpaired) electrons. The molecule has 2 aliphatic carbocycles. The minimum absolute atomic E-state index is 0.0377. The zero-order valence-corrected chi connectivity index (χ0v) is 21.9. The van der Waals surface area contributed by atoms with E-state index < -0.39 is 18.0 Å². The third-order valence-corrected chi connectivity index (χ3v) is 7.85. The zero-order valence-electron chi connectivity index (χ0n) is 21.9. The Balaban J connectivity index is 1.25. The van der Waals surface area contributed by atoms with Crippen LogP contribution >= 0.6 is 0 Å². The van der Waals surface area contributed by atoms with Gasteiger partial charge in [-0.3, -0.25) is 9.59 Å². The standard InChI is InChI=1S/C32H34N2O5/c35-30(36)18-19-34(20-22-10-2-1-3-11-22)31(37)27-16-8-9-17-29(27)33-32(38)39-21-28-25-14-6-4-12-23(25)24-13-5-7-15-26(24)28/h1-7,10-15,27-29H,8-9,16-21H2,(H,33,38)(H,35,36)/t27-,29+/m1/s1. The fraction of sp³-hybridized carbons (Fsp3) is 0.344. The summed E-state index contributed by atoms with van der Waals surface area (Å²) >= 11 is 0. The van der Waals surface area contributed by atoms with Gasteiger partial charge in [0.1, 0.15) is 6.61 Å². The van der Waals surface area contributed by atoms with Crippen LogP contribution in [0.25, 0.3) is 11.1 Å². The molecule has 7 heteroatoms. The lowest BCUT2D eigenvalue weighted by Gasteiger charge is -2.35. The van der Waals surface area contributed by atoms with Gasteiger partial charge in [0.2, 0.25) is 5.91 Å². The van der Waals surface area contributed by atoms with Crippen molar-refractivity contribution in [1.82, 2.24) is 10.2 Å². The molecule has 2 aliphatic rings. The van der Waals surface area contributed by atoms with Gasteiger partial charge in [-0.1, -0.05) is 91.7 Å². The van der Waals surface area contributed by atoms with Crippen LogP contribution in [0.1, 0.15) is 54.7 Å². The van der Waals surface area contributed by atoms with Gasteiger partial charge in [0.05, 0.1) is 12.3 Å². The maximum Gasteiger partial charge on any atom is 0.407 e. The summed E-state index contributed by atoms with van der Waals surface area (Å²) in [6, 6.07) is 25.6. The van der Waals surface area contributed by atoms with Gasteiger partial charge in [-0.15, -0.1) is 0 Å². The van der Waals surface area contributed by atoms with E-state index in [4.69, 9.17) is 4.74 Å². The number of carbonyl (C=O) groups excluding carboxylic acids is 2. The summed E-state index contributed by atoms with van der Waals surface area (Å²) in [7, 11) is 0. The Labute approximate surface area is 228 Å². The molecule has 0 spiro atoms. The number of hydrogen-bond acceptors (Lipinski definition) is 4. The van der Waals surface area contributed by atoms with Crippen molar-refractivity contribution in [3.8, 4) is 11.1 Å². The second-order valence-corrected chi connectivity index (χ2v) is 10.4. The van der Waals surface area contributed by atoms with E-state index in [0.717, 1.165) is 29.5 Å². The summed E-state index contributed by atoms with van der Waals surface area (Å²) in [5.41, 5.74) is 5.56. The number of benzene rings is 3. The maximum absolute atomic E-state index is 13.7. The normalized spacial score (nSPS) is 18.1. The predicted octanol–water partition coefficient (Wildman–Crippen LogP) is 5.59. The number of aliphatic carboxylic acids is 1. The number of ether oxygens (including phenoxy) is 1. The van der Waals surface area contributed by atoms with E-state index in [0.29, 0.717) is 19.4 Å².